The lowest BCUT2D eigenvalue weighted by Gasteiger charge is -2.31. The lowest BCUT2D eigenvalue weighted by Crippen LogP contribution is -2.31. The fourth-order valence-electron chi connectivity index (χ4n) is 2.71. The number of aromatic nitrogens is 1. The Bertz CT molecular complexity index is 339. The first-order valence-electron chi connectivity index (χ1n) is 6.05. The number of piperidine rings is 1. The van der Waals surface area contributed by atoms with E-state index in [1.807, 2.05) is 12.4 Å². The Morgan fingerprint density at radius 1 is 1.38 bits per heavy atom. The molecule has 1 aliphatic heterocycles. The lowest BCUT2D eigenvalue weighted by atomic mass is 9.77. The molecule has 0 radical (unpaired) electrons. The van der Waals surface area contributed by atoms with Crippen LogP contribution in [-0.4, -0.2) is 18.1 Å². The van der Waals surface area contributed by atoms with E-state index in [0.717, 1.165) is 19.0 Å². The second kappa shape index (κ2) is 5.26. The summed E-state index contributed by atoms with van der Waals surface area (Å²) in [6, 6.07) is 4.25. The topological polar surface area (TPSA) is 24.9 Å². The van der Waals surface area contributed by atoms with Crippen LogP contribution in [0.3, 0.4) is 0 Å². The third-order valence-corrected chi connectivity index (χ3v) is 3.45. The Hall–Kier alpha value is -1.15. The summed E-state index contributed by atoms with van der Waals surface area (Å²) >= 11 is 0. The molecule has 1 saturated heterocycles. The molecule has 0 aromatic carbocycles. The highest BCUT2D eigenvalue weighted by atomic mass is 14.9. The number of rotatable bonds is 3. The van der Waals surface area contributed by atoms with Gasteiger partial charge in [-0.25, -0.2) is 0 Å². The van der Waals surface area contributed by atoms with E-state index in [-0.39, 0.29) is 0 Å². The average Bonchev–Trinajstić information content (AvgIpc) is 2.31. The summed E-state index contributed by atoms with van der Waals surface area (Å²) in [5, 5.41) is 3.42. The molecule has 86 valence electrons. The summed E-state index contributed by atoms with van der Waals surface area (Å²) in [5.41, 5.74) is 2.65. The van der Waals surface area contributed by atoms with Gasteiger partial charge in [0.1, 0.15) is 0 Å². The highest BCUT2D eigenvalue weighted by Gasteiger charge is 2.25. The minimum atomic E-state index is 0.505. The number of hydrogen-bond acceptors (Lipinski definition) is 2. The molecule has 1 N–H and O–H groups in total. The van der Waals surface area contributed by atoms with Gasteiger partial charge in [-0.2, -0.15) is 0 Å². The second-order valence-corrected chi connectivity index (χ2v) is 4.69. The van der Waals surface area contributed by atoms with E-state index >= 15 is 0 Å². The molecule has 1 fully saturated rings. The van der Waals surface area contributed by atoms with Crippen LogP contribution in [-0.2, 0) is 0 Å². The molecule has 0 aliphatic carbocycles. The predicted octanol–water partition coefficient (Wildman–Crippen LogP) is 2.74. The normalized spacial score (nSPS) is 19.3. The molecule has 1 unspecified atom stereocenters. The molecule has 16 heavy (non-hydrogen) atoms. The molecule has 1 aromatic heterocycles. The zero-order chi connectivity index (χ0) is 11.4. The van der Waals surface area contributed by atoms with Gasteiger partial charge in [-0.15, -0.1) is 0 Å². The van der Waals surface area contributed by atoms with E-state index in [4.69, 9.17) is 0 Å². The first-order chi connectivity index (χ1) is 7.79. The van der Waals surface area contributed by atoms with Crippen LogP contribution in [0.5, 0.6) is 0 Å². The van der Waals surface area contributed by atoms with Gasteiger partial charge in [-0.05, 0) is 56.5 Å². The Kier molecular flexibility index (Phi) is 3.73. The van der Waals surface area contributed by atoms with E-state index < -0.39 is 0 Å². The lowest BCUT2D eigenvalue weighted by molar-refractivity contribution is 0.340. The van der Waals surface area contributed by atoms with Crippen molar-refractivity contribution < 1.29 is 0 Å². The molecular weight excluding hydrogens is 196 g/mol. The Labute approximate surface area is 97.8 Å². The first-order valence-corrected chi connectivity index (χ1v) is 6.05. The van der Waals surface area contributed by atoms with E-state index in [0.29, 0.717) is 5.92 Å². The molecule has 2 heteroatoms. The third kappa shape index (κ3) is 2.50. The maximum Gasteiger partial charge on any atom is 0.0270 e. The van der Waals surface area contributed by atoms with Crippen LogP contribution in [0, 0.1) is 5.92 Å². The Morgan fingerprint density at radius 2 is 2.00 bits per heavy atom. The molecule has 1 aliphatic rings. The van der Waals surface area contributed by atoms with Gasteiger partial charge in [-0.1, -0.05) is 12.2 Å². The van der Waals surface area contributed by atoms with Crippen LogP contribution in [0.1, 0.15) is 31.2 Å². The van der Waals surface area contributed by atoms with Crippen LogP contribution in [0.4, 0.5) is 0 Å². The van der Waals surface area contributed by atoms with Crippen molar-refractivity contribution in [3.63, 3.8) is 0 Å². The molecule has 2 nitrogen and oxygen atoms in total. The SMILES string of the molecule is C=C(C)C(c1ccncc1)C1CCNCC1. The van der Waals surface area contributed by atoms with Crippen LogP contribution >= 0.6 is 0 Å². The predicted molar refractivity (Wildman–Crippen MR) is 67.4 cm³/mol. The molecular formula is C14H20N2. The smallest absolute Gasteiger partial charge is 0.0270 e. The van der Waals surface area contributed by atoms with Crippen LogP contribution < -0.4 is 5.32 Å². The fourth-order valence-corrected chi connectivity index (χ4v) is 2.71. The molecule has 0 bridgehead atoms. The number of allylic oxidation sites excluding steroid dienone is 1. The summed E-state index contributed by atoms with van der Waals surface area (Å²) in [6.07, 6.45) is 6.26. The Morgan fingerprint density at radius 3 is 2.56 bits per heavy atom. The quantitative estimate of drug-likeness (QED) is 0.786. The largest absolute Gasteiger partial charge is 0.317 e. The summed E-state index contributed by atoms with van der Waals surface area (Å²) in [4.78, 5) is 4.09. The highest BCUT2D eigenvalue weighted by molar-refractivity contribution is 5.26. The molecule has 1 aromatic rings. The minimum Gasteiger partial charge on any atom is -0.317 e. The van der Waals surface area contributed by atoms with Crippen molar-refractivity contribution in [2.24, 2.45) is 5.92 Å². The van der Waals surface area contributed by atoms with Crippen molar-refractivity contribution in [3.8, 4) is 0 Å². The van der Waals surface area contributed by atoms with Crippen molar-refractivity contribution in [2.45, 2.75) is 25.7 Å². The van der Waals surface area contributed by atoms with Crippen LogP contribution in [0.15, 0.2) is 36.7 Å². The zero-order valence-electron chi connectivity index (χ0n) is 9.95. The minimum absolute atomic E-state index is 0.505. The maximum atomic E-state index is 4.17. The average molecular weight is 216 g/mol. The van der Waals surface area contributed by atoms with E-state index in [1.54, 1.807) is 0 Å². The van der Waals surface area contributed by atoms with Gasteiger partial charge in [-0.3, -0.25) is 4.98 Å². The molecule has 1 atom stereocenters. The zero-order valence-corrected chi connectivity index (χ0v) is 9.95. The highest BCUT2D eigenvalue weighted by Crippen LogP contribution is 2.35. The maximum absolute atomic E-state index is 4.17. The van der Waals surface area contributed by atoms with Gasteiger partial charge < -0.3 is 5.32 Å². The van der Waals surface area contributed by atoms with Gasteiger partial charge in [0.25, 0.3) is 0 Å². The first kappa shape index (κ1) is 11.3. The van der Waals surface area contributed by atoms with Crippen molar-refractivity contribution >= 4 is 0 Å². The van der Waals surface area contributed by atoms with Gasteiger partial charge in [0.2, 0.25) is 0 Å². The van der Waals surface area contributed by atoms with E-state index in [1.165, 1.54) is 24.0 Å². The van der Waals surface area contributed by atoms with Crippen molar-refractivity contribution in [1.29, 1.82) is 0 Å². The van der Waals surface area contributed by atoms with Crippen molar-refractivity contribution in [2.75, 3.05) is 13.1 Å². The number of nitrogens with zero attached hydrogens (tertiary/aromatic N) is 1. The van der Waals surface area contributed by atoms with Gasteiger partial charge in [0.05, 0.1) is 0 Å². The molecule has 0 amide bonds. The summed E-state index contributed by atoms with van der Waals surface area (Å²) < 4.78 is 0. The van der Waals surface area contributed by atoms with Crippen LogP contribution in [0.25, 0.3) is 0 Å². The van der Waals surface area contributed by atoms with Crippen LogP contribution in [0.2, 0.25) is 0 Å². The van der Waals surface area contributed by atoms with Gasteiger partial charge >= 0.3 is 0 Å². The summed E-state index contributed by atoms with van der Waals surface area (Å²) in [5.74, 6) is 1.24. The molecule has 0 saturated carbocycles. The monoisotopic (exact) mass is 216 g/mol. The van der Waals surface area contributed by atoms with E-state index in [9.17, 15) is 0 Å². The molecule has 0 spiro atoms. The summed E-state index contributed by atoms with van der Waals surface area (Å²) in [7, 11) is 0. The number of pyridine rings is 1. The van der Waals surface area contributed by atoms with Gasteiger partial charge in [0.15, 0.2) is 0 Å². The Balaban J connectivity index is 2.20. The fraction of sp³-hybridized carbons (Fsp3) is 0.500. The number of hydrogen-bond donors (Lipinski definition) is 1. The molecule has 2 rings (SSSR count). The third-order valence-electron chi connectivity index (χ3n) is 3.45. The number of nitrogens with one attached hydrogen (secondary N) is 1. The van der Waals surface area contributed by atoms with Gasteiger partial charge in [0, 0.05) is 18.3 Å². The molecule has 2 heterocycles. The van der Waals surface area contributed by atoms with Crippen molar-refractivity contribution in [1.82, 2.24) is 10.3 Å². The second-order valence-electron chi connectivity index (χ2n) is 4.69. The standard InChI is InChI=1S/C14H20N2/c1-11(2)14(12-3-7-15-8-4-12)13-5-9-16-10-6-13/h3-4,7-8,13-14,16H,1,5-6,9-10H2,2H3. The van der Waals surface area contributed by atoms with E-state index in [2.05, 4.69) is 35.9 Å². The summed E-state index contributed by atoms with van der Waals surface area (Å²) in [6.45, 7) is 8.59. The van der Waals surface area contributed by atoms with Crippen molar-refractivity contribution in [3.05, 3.63) is 42.2 Å².